The van der Waals surface area contributed by atoms with E-state index < -0.39 is 0 Å². The maximum absolute atomic E-state index is 10.9. The van der Waals surface area contributed by atoms with Crippen LogP contribution < -0.4 is 0 Å². The van der Waals surface area contributed by atoms with Gasteiger partial charge >= 0.3 is 0 Å². The lowest BCUT2D eigenvalue weighted by atomic mass is 9.33. The first-order valence-corrected chi connectivity index (χ1v) is 13.9. The average Bonchev–Trinajstić information content (AvgIpc) is 2.74. The third-order valence-electron chi connectivity index (χ3n) is 13.5. The molecule has 0 radical (unpaired) electrons. The third kappa shape index (κ3) is 2.66. The molecule has 4 fully saturated rings. The molecule has 0 heterocycles. The van der Waals surface area contributed by atoms with E-state index in [1.165, 1.54) is 51.4 Å². The molecule has 0 aromatic carbocycles. The van der Waals surface area contributed by atoms with Crippen LogP contribution in [0, 0.1) is 56.7 Å². The molecule has 0 unspecified atom stereocenters. The van der Waals surface area contributed by atoms with Crippen molar-refractivity contribution >= 4 is 0 Å². The molecule has 0 aromatic rings. The fourth-order valence-corrected chi connectivity index (χ4v) is 10.9. The first-order valence-electron chi connectivity index (χ1n) is 13.9. The van der Waals surface area contributed by atoms with Crippen molar-refractivity contribution in [3.63, 3.8) is 0 Å². The SMILES string of the molecule is C[C@H]1[C@H](C)CC[C@]2(CO)CC[C@]3(C)C(=CC[C@H]4[C@@]5(C)CC[C@H](O)C(C)(C)[C@@H]5CC[C@]43C)[C@H]12. The van der Waals surface area contributed by atoms with E-state index in [1.54, 1.807) is 5.57 Å². The molecule has 2 nitrogen and oxygen atoms in total. The van der Waals surface area contributed by atoms with Crippen LogP contribution in [-0.4, -0.2) is 22.9 Å². The number of fused-ring (bicyclic) bond motifs is 7. The lowest BCUT2D eigenvalue weighted by Crippen LogP contribution is -2.65. The Kier molecular flexibility index (Phi) is 5.19. The molecule has 0 bridgehead atoms. The average molecular weight is 443 g/mol. The highest BCUT2D eigenvalue weighted by atomic mass is 16.3. The van der Waals surface area contributed by atoms with Crippen LogP contribution in [0.25, 0.3) is 0 Å². The molecule has 5 aliphatic carbocycles. The van der Waals surface area contributed by atoms with Gasteiger partial charge in [0.05, 0.1) is 6.10 Å². The van der Waals surface area contributed by atoms with E-state index in [2.05, 4.69) is 54.5 Å². The number of aliphatic hydroxyl groups excluding tert-OH is 2. The Bertz CT molecular complexity index is 799. The molecule has 0 saturated heterocycles. The highest BCUT2D eigenvalue weighted by Gasteiger charge is 2.68. The van der Waals surface area contributed by atoms with Crippen LogP contribution in [0.2, 0.25) is 0 Å². The first kappa shape index (κ1) is 23.4. The number of rotatable bonds is 1. The van der Waals surface area contributed by atoms with Crippen molar-refractivity contribution in [1.29, 1.82) is 0 Å². The van der Waals surface area contributed by atoms with Crippen molar-refractivity contribution in [3.8, 4) is 0 Å². The van der Waals surface area contributed by atoms with Gasteiger partial charge in [-0.05, 0) is 109 Å². The van der Waals surface area contributed by atoms with Gasteiger partial charge in [-0.1, -0.05) is 60.1 Å². The molecule has 182 valence electrons. The first-order chi connectivity index (χ1) is 14.9. The van der Waals surface area contributed by atoms with E-state index in [0.29, 0.717) is 41.1 Å². The summed E-state index contributed by atoms with van der Waals surface area (Å²) in [5.41, 5.74) is 2.77. The van der Waals surface area contributed by atoms with Crippen molar-refractivity contribution in [1.82, 2.24) is 0 Å². The van der Waals surface area contributed by atoms with Gasteiger partial charge in [0, 0.05) is 12.0 Å². The summed E-state index contributed by atoms with van der Waals surface area (Å²) in [5, 5.41) is 21.6. The summed E-state index contributed by atoms with van der Waals surface area (Å²) < 4.78 is 0. The van der Waals surface area contributed by atoms with Crippen LogP contribution in [0.1, 0.15) is 106 Å². The predicted octanol–water partition coefficient (Wildman–Crippen LogP) is 7.00. The van der Waals surface area contributed by atoms with Crippen molar-refractivity contribution in [2.24, 2.45) is 56.7 Å². The van der Waals surface area contributed by atoms with Crippen LogP contribution in [-0.2, 0) is 0 Å². The van der Waals surface area contributed by atoms with Gasteiger partial charge in [0.1, 0.15) is 0 Å². The predicted molar refractivity (Wildman–Crippen MR) is 132 cm³/mol. The van der Waals surface area contributed by atoms with Crippen molar-refractivity contribution < 1.29 is 10.2 Å². The Balaban J connectivity index is 1.59. The second-order valence-electron chi connectivity index (χ2n) is 14.5. The molecule has 0 aromatic heterocycles. The monoisotopic (exact) mass is 442 g/mol. The van der Waals surface area contributed by atoms with Crippen LogP contribution in [0.15, 0.2) is 11.6 Å². The highest BCUT2D eigenvalue weighted by Crippen LogP contribution is 2.75. The number of allylic oxidation sites excluding steroid dienone is 2. The lowest BCUT2D eigenvalue weighted by Gasteiger charge is -2.71. The Morgan fingerprint density at radius 2 is 1.59 bits per heavy atom. The van der Waals surface area contributed by atoms with Gasteiger partial charge in [0.2, 0.25) is 0 Å². The Morgan fingerprint density at radius 1 is 0.875 bits per heavy atom. The van der Waals surface area contributed by atoms with Gasteiger partial charge < -0.3 is 10.2 Å². The fraction of sp³-hybridized carbons (Fsp3) is 0.933. The van der Waals surface area contributed by atoms with E-state index in [1.807, 2.05) is 0 Å². The minimum Gasteiger partial charge on any atom is -0.396 e. The lowest BCUT2D eigenvalue weighted by molar-refractivity contribution is -0.205. The van der Waals surface area contributed by atoms with Crippen LogP contribution in [0.5, 0.6) is 0 Å². The van der Waals surface area contributed by atoms with Crippen LogP contribution in [0.4, 0.5) is 0 Å². The van der Waals surface area contributed by atoms with Gasteiger partial charge in [-0.15, -0.1) is 0 Å². The Hall–Kier alpha value is -0.340. The summed E-state index contributed by atoms with van der Waals surface area (Å²) in [7, 11) is 0. The summed E-state index contributed by atoms with van der Waals surface area (Å²) in [6.45, 7) is 17.9. The summed E-state index contributed by atoms with van der Waals surface area (Å²) in [6, 6.07) is 0. The van der Waals surface area contributed by atoms with Crippen LogP contribution >= 0.6 is 0 Å². The summed E-state index contributed by atoms with van der Waals surface area (Å²) in [6.07, 6.45) is 13.4. The zero-order valence-corrected chi connectivity index (χ0v) is 22.0. The quantitative estimate of drug-likeness (QED) is 0.429. The number of hydrogen-bond donors (Lipinski definition) is 2. The smallest absolute Gasteiger partial charge is 0.0594 e. The summed E-state index contributed by atoms with van der Waals surface area (Å²) in [5.74, 6) is 3.29. The minimum absolute atomic E-state index is 0.0190. The van der Waals surface area contributed by atoms with Gasteiger partial charge in [-0.3, -0.25) is 0 Å². The Morgan fingerprint density at radius 3 is 2.28 bits per heavy atom. The second-order valence-corrected chi connectivity index (χ2v) is 14.5. The number of aliphatic hydroxyl groups is 2. The number of hydrogen-bond acceptors (Lipinski definition) is 2. The van der Waals surface area contributed by atoms with E-state index in [4.69, 9.17) is 0 Å². The molecule has 2 N–H and O–H groups in total. The Labute approximate surface area is 197 Å². The van der Waals surface area contributed by atoms with E-state index >= 15 is 0 Å². The largest absolute Gasteiger partial charge is 0.396 e. The van der Waals surface area contributed by atoms with Gasteiger partial charge in [-0.25, -0.2) is 0 Å². The zero-order chi connectivity index (χ0) is 23.3. The maximum Gasteiger partial charge on any atom is 0.0594 e. The molecule has 0 spiro atoms. The molecular formula is C30H50O2. The van der Waals surface area contributed by atoms with E-state index in [9.17, 15) is 10.2 Å². The summed E-state index contributed by atoms with van der Waals surface area (Å²) in [4.78, 5) is 0. The molecule has 0 amide bonds. The molecule has 2 heteroatoms. The van der Waals surface area contributed by atoms with Crippen LogP contribution in [0.3, 0.4) is 0 Å². The molecular weight excluding hydrogens is 392 g/mol. The molecule has 10 atom stereocenters. The summed E-state index contributed by atoms with van der Waals surface area (Å²) >= 11 is 0. The van der Waals surface area contributed by atoms with E-state index in [-0.39, 0.29) is 22.3 Å². The second kappa shape index (κ2) is 7.09. The molecule has 4 saturated carbocycles. The van der Waals surface area contributed by atoms with Crippen molar-refractivity contribution in [2.45, 2.75) is 112 Å². The van der Waals surface area contributed by atoms with Gasteiger partial charge in [0.15, 0.2) is 0 Å². The van der Waals surface area contributed by atoms with Crippen molar-refractivity contribution in [3.05, 3.63) is 11.6 Å². The van der Waals surface area contributed by atoms with Crippen molar-refractivity contribution in [2.75, 3.05) is 6.61 Å². The molecule has 5 rings (SSSR count). The fourth-order valence-electron chi connectivity index (χ4n) is 10.9. The topological polar surface area (TPSA) is 40.5 Å². The molecule has 0 aliphatic heterocycles. The highest BCUT2D eigenvalue weighted by molar-refractivity contribution is 5.34. The molecule has 5 aliphatic rings. The third-order valence-corrected chi connectivity index (χ3v) is 13.5. The maximum atomic E-state index is 10.9. The minimum atomic E-state index is -0.153. The van der Waals surface area contributed by atoms with E-state index in [0.717, 1.165) is 12.3 Å². The van der Waals surface area contributed by atoms with Gasteiger partial charge in [-0.2, -0.15) is 0 Å². The molecule has 32 heavy (non-hydrogen) atoms. The normalized spacial score (nSPS) is 56.8. The zero-order valence-electron chi connectivity index (χ0n) is 22.0. The standard InChI is InChI=1S/C30H50O2/c1-19-10-15-30(18-31)17-16-28(6)21(25(30)20(19)2)8-9-23-27(5)13-12-24(32)26(3,4)22(27)11-14-29(23,28)7/h8,19-20,22-25,31-32H,9-18H2,1-7H3/t19-,20+,22+,23+,24+,25+,27+,28-,29-,30-/m1/s1. The van der Waals surface area contributed by atoms with Gasteiger partial charge in [0.25, 0.3) is 0 Å².